The van der Waals surface area contributed by atoms with Gasteiger partial charge >= 0.3 is 12.1 Å². The summed E-state index contributed by atoms with van der Waals surface area (Å²) in [6, 6.07) is 0. The zero-order chi connectivity index (χ0) is 21.1. The van der Waals surface area contributed by atoms with Gasteiger partial charge in [0.15, 0.2) is 0 Å². The lowest BCUT2D eigenvalue weighted by molar-refractivity contribution is -0.192. The van der Waals surface area contributed by atoms with E-state index in [-0.39, 0.29) is 5.41 Å². The van der Waals surface area contributed by atoms with Crippen molar-refractivity contribution in [2.45, 2.75) is 51.3 Å². The Morgan fingerprint density at radius 1 is 1.38 bits per heavy atom. The number of carboxylic acid groups (broad SMARTS) is 1. The van der Waals surface area contributed by atoms with Crippen LogP contribution in [0.5, 0.6) is 0 Å². The van der Waals surface area contributed by atoms with Crippen LogP contribution in [0, 0.1) is 18.3 Å². The maximum absolute atomic E-state index is 10.6. The molecule has 4 rings (SSSR count). The van der Waals surface area contributed by atoms with Gasteiger partial charge in [-0.05, 0) is 44.9 Å². The number of aryl methyl sites for hydroxylation is 1. The average Bonchev–Trinajstić information content (AvgIpc) is 3.39. The van der Waals surface area contributed by atoms with E-state index in [1.54, 1.807) is 11.3 Å². The quantitative estimate of drug-likeness (QED) is 0.757. The first-order valence-corrected chi connectivity index (χ1v) is 10.6. The van der Waals surface area contributed by atoms with Crippen molar-refractivity contribution in [1.82, 2.24) is 10.2 Å². The fraction of sp³-hybridized carbons (Fsp3) is 0.833. The molecule has 2 saturated heterocycles. The molecule has 1 N–H and O–H groups in total. The van der Waals surface area contributed by atoms with Gasteiger partial charge in [-0.25, -0.2) is 4.79 Å². The van der Waals surface area contributed by atoms with E-state index in [0.717, 1.165) is 61.8 Å². The average molecular weight is 437 g/mol. The number of alkyl halides is 3. The molecule has 1 saturated carbocycles. The van der Waals surface area contributed by atoms with Crippen LogP contribution in [-0.4, -0.2) is 66.5 Å². The van der Waals surface area contributed by atoms with Gasteiger partial charge in [0.2, 0.25) is 5.13 Å². The van der Waals surface area contributed by atoms with Crippen molar-refractivity contribution in [1.29, 1.82) is 0 Å². The van der Waals surface area contributed by atoms with E-state index in [2.05, 4.69) is 15.1 Å². The van der Waals surface area contributed by atoms with Crippen LogP contribution < -0.4 is 4.90 Å². The van der Waals surface area contributed by atoms with E-state index in [1.807, 2.05) is 6.92 Å². The summed E-state index contributed by atoms with van der Waals surface area (Å²) in [4.78, 5) is 11.3. The monoisotopic (exact) mass is 437 g/mol. The summed E-state index contributed by atoms with van der Waals surface area (Å²) in [7, 11) is 0. The zero-order valence-electron chi connectivity index (χ0n) is 16.3. The first-order valence-electron chi connectivity index (χ1n) is 9.74. The first-order chi connectivity index (χ1) is 13.7. The lowest BCUT2D eigenvalue weighted by Gasteiger charge is -2.50. The predicted molar refractivity (Wildman–Crippen MR) is 100 cm³/mol. The van der Waals surface area contributed by atoms with Gasteiger partial charge in [0.25, 0.3) is 0 Å². The molecular formula is C18H26F3N3O4S. The van der Waals surface area contributed by atoms with Gasteiger partial charge in [0, 0.05) is 31.7 Å². The Kier molecular flexibility index (Phi) is 7.00. The molecule has 3 fully saturated rings. The number of nitrogens with zero attached hydrogens (tertiary/aromatic N) is 3. The second-order valence-corrected chi connectivity index (χ2v) is 9.06. The lowest BCUT2D eigenvalue weighted by atomic mass is 9.73. The zero-order valence-corrected chi connectivity index (χ0v) is 17.1. The van der Waals surface area contributed by atoms with Crippen LogP contribution in [0.15, 0.2) is 0 Å². The van der Waals surface area contributed by atoms with Crippen molar-refractivity contribution in [3.8, 4) is 0 Å². The summed E-state index contributed by atoms with van der Waals surface area (Å²) >= 11 is 1.69. The number of aromatic nitrogens is 2. The molecule has 0 amide bonds. The molecule has 1 aliphatic carbocycles. The summed E-state index contributed by atoms with van der Waals surface area (Å²) in [5.74, 6) is -1.93. The van der Waals surface area contributed by atoms with E-state index in [1.165, 1.54) is 19.3 Å². The number of piperidine rings is 1. The van der Waals surface area contributed by atoms with Gasteiger partial charge in [-0.3, -0.25) is 0 Å². The number of carbonyl (C=O) groups is 1. The Morgan fingerprint density at radius 2 is 2.10 bits per heavy atom. The van der Waals surface area contributed by atoms with E-state index >= 15 is 0 Å². The Bertz CT molecular complexity index is 698. The van der Waals surface area contributed by atoms with Crippen LogP contribution in [-0.2, 0) is 14.3 Å². The number of hydrogen-bond acceptors (Lipinski definition) is 7. The summed E-state index contributed by atoms with van der Waals surface area (Å²) in [6.07, 6.45) is 1.39. The number of hydrogen-bond donors (Lipinski definition) is 1. The van der Waals surface area contributed by atoms with Crippen LogP contribution in [0.2, 0.25) is 0 Å². The minimum Gasteiger partial charge on any atom is -0.475 e. The predicted octanol–water partition coefficient (Wildman–Crippen LogP) is 3.28. The fourth-order valence-electron chi connectivity index (χ4n) is 3.79. The Hall–Kier alpha value is -1.46. The smallest absolute Gasteiger partial charge is 0.475 e. The highest BCUT2D eigenvalue weighted by Gasteiger charge is 2.47. The van der Waals surface area contributed by atoms with Gasteiger partial charge in [0.05, 0.1) is 12.7 Å². The third kappa shape index (κ3) is 6.02. The van der Waals surface area contributed by atoms with Crippen molar-refractivity contribution in [3.63, 3.8) is 0 Å². The molecule has 1 aromatic rings. The number of fused-ring (bicyclic) bond motifs is 1. The van der Waals surface area contributed by atoms with Crippen molar-refractivity contribution >= 4 is 22.4 Å². The number of carboxylic acids is 1. The second kappa shape index (κ2) is 9.13. The highest BCUT2D eigenvalue weighted by atomic mass is 32.1. The Morgan fingerprint density at radius 3 is 2.69 bits per heavy atom. The SMILES string of the molecule is Cc1nnc(N2CCC3OCCCC3(COCC3CC3)C2)s1.O=C(O)C(F)(F)F. The second-order valence-electron chi connectivity index (χ2n) is 7.90. The third-order valence-corrected chi connectivity index (χ3v) is 6.36. The molecule has 0 bridgehead atoms. The molecule has 29 heavy (non-hydrogen) atoms. The van der Waals surface area contributed by atoms with Crippen LogP contribution in [0.4, 0.5) is 18.3 Å². The topological polar surface area (TPSA) is 84.8 Å². The van der Waals surface area contributed by atoms with Gasteiger partial charge in [0.1, 0.15) is 5.01 Å². The fourth-order valence-corrected chi connectivity index (χ4v) is 4.50. The molecule has 0 aromatic carbocycles. The molecule has 164 valence electrons. The highest BCUT2D eigenvalue weighted by Crippen LogP contribution is 2.42. The van der Waals surface area contributed by atoms with Gasteiger partial charge < -0.3 is 19.5 Å². The van der Waals surface area contributed by atoms with E-state index in [9.17, 15) is 13.2 Å². The Labute approximate surface area is 171 Å². The molecule has 2 unspecified atom stereocenters. The molecule has 3 aliphatic rings. The number of ether oxygens (including phenoxy) is 2. The molecular weight excluding hydrogens is 411 g/mol. The van der Waals surface area contributed by atoms with E-state index in [4.69, 9.17) is 19.4 Å². The number of rotatable bonds is 5. The molecule has 0 radical (unpaired) electrons. The van der Waals surface area contributed by atoms with Crippen LogP contribution >= 0.6 is 11.3 Å². The number of aliphatic carboxylic acids is 1. The largest absolute Gasteiger partial charge is 0.490 e. The van der Waals surface area contributed by atoms with Crippen molar-refractivity contribution in [2.24, 2.45) is 11.3 Å². The summed E-state index contributed by atoms with van der Waals surface area (Å²) in [6.45, 7) is 6.72. The Balaban J connectivity index is 0.000000298. The molecule has 2 aliphatic heterocycles. The van der Waals surface area contributed by atoms with Crippen LogP contribution in [0.1, 0.15) is 37.1 Å². The highest BCUT2D eigenvalue weighted by molar-refractivity contribution is 7.15. The van der Waals surface area contributed by atoms with Crippen molar-refractivity contribution in [2.75, 3.05) is 37.8 Å². The lowest BCUT2D eigenvalue weighted by Crippen LogP contribution is -2.57. The number of halogens is 3. The maximum Gasteiger partial charge on any atom is 0.490 e. The van der Waals surface area contributed by atoms with Gasteiger partial charge in [-0.1, -0.05) is 11.3 Å². The molecule has 11 heteroatoms. The van der Waals surface area contributed by atoms with E-state index < -0.39 is 12.1 Å². The first kappa shape index (κ1) is 22.2. The minimum absolute atomic E-state index is 0.144. The van der Waals surface area contributed by atoms with Crippen molar-refractivity contribution < 1.29 is 32.5 Å². The molecule has 2 atom stereocenters. The molecule has 0 spiro atoms. The van der Waals surface area contributed by atoms with Gasteiger partial charge in [-0.15, -0.1) is 10.2 Å². The van der Waals surface area contributed by atoms with Crippen LogP contribution in [0.25, 0.3) is 0 Å². The third-order valence-electron chi connectivity index (χ3n) is 5.46. The maximum atomic E-state index is 10.6. The minimum atomic E-state index is -5.08. The van der Waals surface area contributed by atoms with Crippen molar-refractivity contribution in [3.05, 3.63) is 5.01 Å². The van der Waals surface area contributed by atoms with Gasteiger partial charge in [-0.2, -0.15) is 13.2 Å². The number of anilines is 1. The standard InChI is InChI=1S/C16H25N3O2S.C2HF3O2/c1-12-17-18-15(22-12)19-7-5-14-16(10-19,6-2-8-21-14)11-20-9-13-3-4-13;3-2(4,5)1(6)7/h13-14H,2-11H2,1H3;(H,6,7). The van der Waals surface area contributed by atoms with Crippen LogP contribution in [0.3, 0.4) is 0 Å². The molecule has 3 heterocycles. The summed E-state index contributed by atoms with van der Waals surface area (Å²) in [5, 5.41) is 17.7. The van der Waals surface area contributed by atoms with E-state index in [0.29, 0.717) is 6.10 Å². The summed E-state index contributed by atoms with van der Waals surface area (Å²) in [5.41, 5.74) is 0.144. The normalized spacial score (nSPS) is 27.0. The molecule has 7 nitrogen and oxygen atoms in total. The molecule has 1 aromatic heterocycles. The summed E-state index contributed by atoms with van der Waals surface area (Å²) < 4.78 is 44.0.